The van der Waals surface area contributed by atoms with Gasteiger partial charge in [0, 0.05) is 18.3 Å². The molecule has 7 N–H and O–H groups in total. The van der Waals surface area contributed by atoms with Crippen molar-refractivity contribution in [3.05, 3.63) is 71.5 Å². The summed E-state index contributed by atoms with van der Waals surface area (Å²) in [5, 5.41) is 20.9. The maximum absolute atomic E-state index is 12.4. The quantitative estimate of drug-likeness (QED) is 0.205. The van der Waals surface area contributed by atoms with E-state index in [1.165, 1.54) is 18.3 Å². The molecule has 0 spiro atoms. The molecule has 2 aromatic carbocycles. The fraction of sp³-hybridized carbons (Fsp3) is 0.130. The van der Waals surface area contributed by atoms with Crippen LogP contribution in [-0.2, 0) is 17.9 Å². The van der Waals surface area contributed by atoms with Crippen LogP contribution in [0.3, 0.4) is 0 Å². The number of rotatable bonds is 8. The SMILES string of the molecule is CN(Cc1cnc2nc(N)nc(NC(=O)OCc3ccc(B(O)O)cc3)c2n1)c1ccc(C(N)=O)cc1. The molecule has 2 heterocycles. The fourth-order valence-electron chi connectivity index (χ4n) is 3.41. The summed E-state index contributed by atoms with van der Waals surface area (Å²) in [6.45, 7) is 0.286. The molecule has 14 heteroatoms. The summed E-state index contributed by atoms with van der Waals surface area (Å²) in [5.74, 6) is -0.574. The largest absolute Gasteiger partial charge is 0.488 e. The lowest BCUT2D eigenvalue weighted by Crippen LogP contribution is -2.29. The molecule has 188 valence electrons. The molecule has 13 nitrogen and oxygen atoms in total. The average Bonchev–Trinajstić information content (AvgIpc) is 2.88. The van der Waals surface area contributed by atoms with E-state index in [2.05, 4.69) is 25.3 Å². The van der Waals surface area contributed by atoms with Gasteiger partial charge in [-0.25, -0.2) is 14.8 Å². The van der Waals surface area contributed by atoms with Crippen molar-refractivity contribution < 1.29 is 24.4 Å². The zero-order valence-electron chi connectivity index (χ0n) is 19.7. The smallest absolute Gasteiger partial charge is 0.444 e. The predicted octanol–water partition coefficient (Wildman–Crippen LogP) is 0.166. The van der Waals surface area contributed by atoms with E-state index >= 15 is 0 Å². The van der Waals surface area contributed by atoms with Crippen molar-refractivity contribution in [2.75, 3.05) is 23.0 Å². The predicted molar refractivity (Wildman–Crippen MR) is 137 cm³/mol. The average molecular weight is 502 g/mol. The van der Waals surface area contributed by atoms with E-state index in [1.807, 2.05) is 11.9 Å². The topological polar surface area (TPSA) is 203 Å². The first-order valence-electron chi connectivity index (χ1n) is 11.0. The summed E-state index contributed by atoms with van der Waals surface area (Å²) >= 11 is 0. The second-order valence-electron chi connectivity index (χ2n) is 8.05. The highest BCUT2D eigenvalue weighted by molar-refractivity contribution is 6.58. The van der Waals surface area contributed by atoms with Gasteiger partial charge in [0.1, 0.15) is 6.61 Å². The highest BCUT2D eigenvalue weighted by Crippen LogP contribution is 2.20. The molecule has 0 saturated heterocycles. The van der Waals surface area contributed by atoms with Crippen LogP contribution in [0.2, 0.25) is 0 Å². The molecule has 0 saturated carbocycles. The first-order chi connectivity index (χ1) is 17.7. The maximum Gasteiger partial charge on any atom is 0.488 e. The van der Waals surface area contributed by atoms with Gasteiger partial charge in [0.05, 0.1) is 18.4 Å². The van der Waals surface area contributed by atoms with Crippen molar-refractivity contribution in [3.63, 3.8) is 0 Å². The highest BCUT2D eigenvalue weighted by Gasteiger charge is 2.15. The Balaban J connectivity index is 1.47. The molecule has 2 amide bonds. The van der Waals surface area contributed by atoms with Crippen LogP contribution >= 0.6 is 0 Å². The Morgan fingerprint density at radius 3 is 2.41 bits per heavy atom. The van der Waals surface area contributed by atoms with E-state index in [0.29, 0.717) is 28.8 Å². The van der Waals surface area contributed by atoms with Crippen LogP contribution in [0.4, 0.5) is 22.2 Å². The number of nitrogens with one attached hydrogen (secondary N) is 1. The number of amides is 2. The van der Waals surface area contributed by atoms with Gasteiger partial charge < -0.3 is 31.2 Å². The van der Waals surface area contributed by atoms with Crippen LogP contribution in [0, 0.1) is 0 Å². The lowest BCUT2D eigenvalue weighted by molar-refractivity contribution is 0.1000. The van der Waals surface area contributed by atoms with Crippen molar-refractivity contribution >= 4 is 53.2 Å². The Morgan fingerprint density at radius 2 is 1.76 bits per heavy atom. The molecule has 4 rings (SSSR count). The van der Waals surface area contributed by atoms with Gasteiger partial charge in [-0.05, 0) is 35.3 Å². The first kappa shape index (κ1) is 25.3. The fourth-order valence-corrected chi connectivity index (χ4v) is 3.41. The number of carbonyl (C=O) groups excluding carboxylic acids is 2. The van der Waals surface area contributed by atoms with Gasteiger partial charge in [0.15, 0.2) is 17.0 Å². The van der Waals surface area contributed by atoms with Gasteiger partial charge in [-0.2, -0.15) is 9.97 Å². The Hall–Kier alpha value is -4.82. The lowest BCUT2D eigenvalue weighted by Gasteiger charge is -2.19. The third-order valence-electron chi connectivity index (χ3n) is 5.33. The van der Waals surface area contributed by atoms with Crippen molar-refractivity contribution in [1.82, 2.24) is 19.9 Å². The van der Waals surface area contributed by atoms with Gasteiger partial charge in [-0.15, -0.1) is 0 Å². The Bertz CT molecular complexity index is 1430. The van der Waals surface area contributed by atoms with Crippen LogP contribution in [0.1, 0.15) is 21.6 Å². The number of anilines is 3. The number of nitrogens with zero attached hydrogens (tertiary/aromatic N) is 5. The molecule has 0 radical (unpaired) electrons. The summed E-state index contributed by atoms with van der Waals surface area (Å²) in [6, 6.07) is 13.0. The van der Waals surface area contributed by atoms with Crippen molar-refractivity contribution in [1.29, 1.82) is 0 Å². The van der Waals surface area contributed by atoms with Crippen LogP contribution < -0.4 is 27.1 Å². The van der Waals surface area contributed by atoms with E-state index in [9.17, 15) is 9.59 Å². The molecule has 0 atom stereocenters. The molecule has 0 unspecified atom stereocenters. The second kappa shape index (κ2) is 10.8. The summed E-state index contributed by atoms with van der Waals surface area (Å²) in [5.41, 5.74) is 14.2. The molecule has 0 fully saturated rings. The molecular weight excluding hydrogens is 479 g/mol. The third-order valence-corrected chi connectivity index (χ3v) is 5.33. The van der Waals surface area contributed by atoms with Crippen molar-refractivity contribution in [2.45, 2.75) is 13.2 Å². The summed E-state index contributed by atoms with van der Waals surface area (Å²) in [4.78, 5) is 42.6. The first-order valence-corrected chi connectivity index (χ1v) is 11.0. The maximum atomic E-state index is 12.4. The molecule has 37 heavy (non-hydrogen) atoms. The van der Waals surface area contributed by atoms with Crippen molar-refractivity contribution in [2.24, 2.45) is 5.73 Å². The van der Waals surface area contributed by atoms with E-state index in [4.69, 9.17) is 26.3 Å². The number of nitrogen functional groups attached to an aromatic ring is 1. The minimum atomic E-state index is -1.58. The molecule has 0 aliphatic rings. The number of hydrogen-bond donors (Lipinski definition) is 5. The van der Waals surface area contributed by atoms with Crippen LogP contribution in [0.25, 0.3) is 11.2 Å². The zero-order chi connectivity index (χ0) is 26.5. The Labute approximate surface area is 211 Å². The molecule has 0 bridgehead atoms. The summed E-state index contributed by atoms with van der Waals surface area (Å²) in [7, 11) is 0.262. The summed E-state index contributed by atoms with van der Waals surface area (Å²) in [6.07, 6.45) is 0.738. The number of benzene rings is 2. The number of primary amides is 1. The van der Waals surface area contributed by atoms with E-state index in [-0.39, 0.29) is 29.5 Å². The molecule has 0 aliphatic carbocycles. The Kier molecular flexibility index (Phi) is 7.41. The zero-order valence-corrected chi connectivity index (χ0v) is 19.7. The van der Waals surface area contributed by atoms with Crippen LogP contribution in [0.5, 0.6) is 0 Å². The van der Waals surface area contributed by atoms with Gasteiger partial charge in [0.2, 0.25) is 11.9 Å². The molecular formula is C23H23BN8O5. The lowest BCUT2D eigenvalue weighted by atomic mass is 9.80. The molecule has 4 aromatic rings. The minimum Gasteiger partial charge on any atom is -0.444 e. The standard InChI is InChI=1S/C23H23BN8O5/c1-32(17-8-4-14(5-9-17)19(25)33)11-16-10-27-20-18(28-16)21(30-22(26)29-20)31-23(34)37-12-13-2-6-15(7-3-13)24(35)36/h2-10,35-36H,11-12H2,1H3,(H2,25,33)(H3,26,27,29,30,31,34). The summed E-state index contributed by atoms with van der Waals surface area (Å²) < 4.78 is 5.23. The van der Waals surface area contributed by atoms with Crippen molar-refractivity contribution in [3.8, 4) is 0 Å². The number of fused-ring (bicyclic) bond motifs is 1. The van der Waals surface area contributed by atoms with Crippen LogP contribution in [0.15, 0.2) is 54.7 Å². The number of aromatic nitrogens is 4. The normalized spacial score (nSPS) is 10.7. The van der Waals surface area contributed by atoms with Gasteiger partial charge in [0.25, 0.3) is 0 Å². The number of hydrogen-bond acceptors (Lipinski definition) is 11. The van der Waals surface area contributed by atoms with E-state index in [0.717, 1.165) is 5.69 Å². The second-order valence-corrected chi connectivity index (χ2v) is 8.05. The van der Waals surface area contributed by atoms with Crippen LogP contribution in [-0.4, -0.2) is 56.2 Å². The minimum absolute atomic E-state index is 0.0362. The molecule has 2 aromatic heterocycles. The number of carbonyl (C=O) groups is 2. The van der Waals surface area contributed by atoms with Gasteiger partial charge in [-0.3, -0.25) is 10.1 Å². The monoisotopic (exact) mass is 502 g/mol. The highest BCUT2D eigenvalue weighted by atomic mass is 16.5. The number of nitrogens with two attached hydrogens (primary N) is 2. The number of ether oxygens (including phenoxy) is 1. The molecule has 0 aliphatic heterocycles. The third kappa shape index (κ3) is 6.25. The van der Waals surface area contributed by atoms with Gasteiger partial charge in [-0.1, -0.05) is 24.3 Å². The Morgan fingerprint density at radius 1 is 1.05 bits per heavy atom. The van der Waals surface area contributed by atoms with E-state index in [1.54, 1.807) is 36.4 Å². The van der Waals surface area contributed by atoms with E-state index < -0.39 is 19.1 Å². The van der Waals surface area contributed by atoms with Gasteiger partial charge >= 0.3 is 13.2 Å².